The number of aliphatic hydroxyl groups excluding tert-OH is 1. The molecule has 0 saturated heterocycles. The minimum Gasteiger partial charge on any atom is -0.392 e. The van der Waals surface area contributed by atoms with Gasteiger partial charge in [0, 0.05) is 11.8 Å². The molecule has 0 saturated carbocycles. The molecule has 0 aliphatic rings. The Morgan fingerprint density at radius 2 is 1.95 bits per heavy atom. The Bertz CT molecular complexity index is 591. The van der Waals surface area contributed by atoms with Gasteiger partial charge in [-0.1, -0.05) is 25.1 Å². The molecule has 1 aromatic carbocycles. The van der Waals surface area contributed by atoms with E-state index < -0.39 is 0 Å². The molecule has 1 atom stereocenters. The van der Waals surface area contributed by atoms with Crippen molar-refractivity contribution in [1.29, 1.82) is 0 Å². The van der Waals surface area contributed by atoms with Crippen LogP contribution in [0.5, 0.6) is 0 Å². The number of aliphatic hydroxyl groups is 1. The summed E-state index contributed by atoms with van der Waals surface area (Å²) in [5, 5.41) is 12.0. The molecule has 1 unspecified atom stereocenters. The van der Waals surface area contributed by atoms with E-state index in [9.17, 15) is 4.79 Å². The lowest BCUT2D eigenvalue weighted by Gasteiger charge is -2.16. The highest BCUT2D eigenvalue weighted by atomic mass is 16.3. The normalized spacial score (nSPS) is 12.0. The summed E-state index contributed by atoms with van der Waals surface area (Å²) in [6.07, 6.45) is 2.58. The Morgan fingerprint density at radius 1 is 1.24 bits per heavy atom. The molecule has 1 amide bonds. The van der Waals surface area contributed by atoms with Crippen molar-refractivity contribution in [2.75, 3.05) is 0 Å². The molecule has 0 radical (unpaired) electrons. The Hall–Kier alpha value is -2.20. The van der Waals surface area contributed by atoms with Crippen LogP contribution in [0.3, 0.4) is 0 Å². The summed E-state index contributed by atoms with van der Waals surface area (Å²) in [4.78, 5) is 16.6. The third kappa shape index (κ3) is 3.89. The summed E-state index contributed by atoms with van der Waals surface area (Å²) in [6, 6.07) is 10.8. The van der Waals surface area contributed by atoms with E-state index in [-0.39, 0.29) is 18.6 Å². The smallest absolute Gasteiger partial charge is 0.251 e. The average Bonchev–Trinajstić information content (AvgIpc) is 2.53. The molecule has 0 aliphatic heterocycles. The number of amides is 1. The zero-order valence-corrected chi connectivity index (χ0v) is 12.3. The van der Waals surface area contributed by atoms with Crippen molar-refractivity contribution >= 4 is 5.91 Å². The van der Waals surface area contributed by atoms with Gasteiger partial charge in [0.05, 0.1) is 18.3 Å². The fourth-order valence-electron chi connectivity index (χ4n) is 2.07. The molecule has 0 aliphatic carbocycles. The molecule has 1 aromatic heterocycles. The van der Waals surface area contributed by atoms with Crippen LogP contribution in [0.4, 0.5) is 0 Å². The highest BCUT2D eigenvalue weighted by Crippen LogP contribution is 2.15. The second-order valence-electron chi connectivity index (χ2n) is 5.05. The van der Waals surface area contributed by atoms with Gasteiger partial charge in [-0.3, -0.25) is 9.78 Å². The van der Waals surface area contributed by atoms with Gasteiger partial charge < -0.3 is 10.4 Å². The SMILES string of the molecule is CCC(NC(=O)c1ccc(CO)cc1)c1ccc(C)cn1. The predicted octanol–water partition coefficient (Wildman–Crippen LogP) is 2.76. The first kappa shape index (κ1) is 15.2. The van der Waals surface area contributed by atoms with E-state index in [4.69, 9.17) is 5.11 Å². The Kier molecular flexibility index (Phi) is 5.06. The van der Waals surface area contributed by atoms with Gasteiger partial charge in [-0.25, -0.2) is 0 Å². The first-order valence-corrected chi connectivity index (χ1v) is 7.07. The summed E-state index contributed by atoms with van der Waals surface area (Å²) >= 11 is 0. The summed E-state index contributed by atoms with van der Waals surface area (Å²) < 4.78 is 0. The molecule has 2 N–H and O–H groups in total. The quantitative estimate of drug-likeness (QED) is 0.887. The summed E-state index contributed by atoms with van der Waals surface area (Å²) in [6.45, 7) is 3.98. The molecule has 110 valence electrons. The minimum atomic E-state index is -0.131. The Labute approximate surface area is 124 Å². The maximum absolute atomic E-state index is 12.3. The van der Waals surface area contributed by atoms with Crippen LogP contribution in [-0.4, -0.2) is 16.0 Å². The van der Waals surface area contributed by atoms with Gasteiger partial charge in [0.15, 0.2) is 0 Å². The lowest BCUT2D eigenvalue weighted by atomic mass is 10.1. The van der Waals surface area contributed by atoms with E-state index >= 15 is 0 Å². The molecule has 1 heterocycles. The summed E-state index contributed by atoms with van der Waals surface area (Å²) in [5.74, 6) is -0.131. The lowest BCUT2D eigenvalue weighted by molar-refractivity contribution is 0.0934. The third-order valence-corrected chi connectivity index (χ3v) is 3.40. The van der Waals surface area contributed by atoms with Crippen LogP contribution in [0.15, 0.2) is 42.6 Å². The number of benzene rings is 1. The monoisotopic (exact) mass is 284 g/mol. The number of rotatable bonds is 5. The first-order chi connectivity index (χ1) is 10.1. The predicted molar refractivity (Wildman–Crippen MR) is 81.8 cm³/mol. The Morgan fingerprint density at radius 3 is 2.48 bits per heavy atom. The molecular weight excluding hydrogens is 264 g/mol. The minimum absolute atomic E-state index is 0.0211. The second kappa shape index (κ2) is 6.99. The number of hydrogen-bond acceptors (Lipinski definition) is 3. The molecule has 4 nitrogen and oxygen atoms in total. The number of pyridine rings is 1. The summed E-state index contributed by atoms with van der Waals surface area (Å²) in [5.41, 5.74) is 3.33. The molecule has 21 heavy (non-hydrogen) atoms. The van der Waals surface area contributed by atoms with E-state index in [1.807, 2.05) is 26.0 Å². The maximum atomic E-state index is 12.3. The number of nitrogens with one attached hydrogen (secondary N) is 1. The zero-order valence-electron chi connectivity index (χ0n) is 12.3. The fraction of sp³-hybridized carbons (Fsp3) is 0.294. The fourth-order valence-corrected chi connectivity index (χ4v) is 2.07. The van der Waals surface area contributed by atoms with E-state index in [1.54, 1.807) is 30.5 Å². The number of hydrogen-bond donors (Lipinski definition) is 2. The van der Waals surface area contributed by atoms with Crippen LogP contribution in [0, 0.1) is 6.92 Å². The van der Waals surface area contributed by atoms with Crippen LogP contribution in [0.1, 0.15) is 46.6 Å². The number of carbonyl (C=O) groups is 1. The second-order valence-corrected chi connectivity index (χ2v) is 5.05. The lowest BCUT2D eigenvalue weighted by Crippen LogP contribution is -2.28. The topological polar surface area (TPSA) is 62.2 Å². The van der Waals surface area contributed by atoms with Gasteiger partial charge in [0.2, 0.25) is 0 Å². The van der Waals surface area contributed by atoms with Gasteiger partial charge >= 0.3 is 0 Å². The van der Waals surface area contributed by atoms with Crippen LogP contribution in [0.2, 0.25) is 0 Å². The van der Waals surface area contributed by atoms with E-state index in [2.05, 4.69) is 10.3 Å². The molecule has 0 fully saturated rings. The van der Waals surface area contributed by atoms with Gasteiger partial charge in [0.25, 0.3) is 5.91 Å². The van der Waals surface area contributed by atoms with Gasteiger partial charge in [0.1, 0.15) is 0 Å². The molecule has 2 rings (SSSR count). The number of carbonyl (C=O) groups excluding carboxylic acids is 1. The number of aryl methyl sites for hydroxylation is 1. The van der Waals surface area contributed by atoms with Crippen molar-refractivity contribution in [2.24, 2.45) is 0 Å². The maximum Gasteiger partial charge on any atom is 0.251 e. The van der Waals surface area contributed by atoms with Gasteiger partial charge in [-0.05, 0) is 42.7 Å². The van der Waals surface area contributed by atoms with Crippen LogP contribution in [0.25, 0.3) is 0 Å². The molecular formula is C17H20N2O2. The van der Waals surface area contributed by atoms with Crippen molar-refractivity contribution in [3.63, 3.8) is 0 Å². The van der Waals surface area contributed by atoms with Crippen LogP contribution in [-0.2, 0) is 6.61 Å². The highest BCUT2D eigenvalue weighted by molar-refractivity contribution is 5.94. The number of aromatic nitrogens is 1. The van der Waals surface area contributed by atoms with E-state index in [0.29, 0.717) is 5.56 Å². The van der Waals surface area contributed by atoms with Crippen LogP contribution >= 0.6 is 0 Å². The highest BCUT2D eigenvalue weighted by Gasteiger charge is 2.15. The van der Waals surface area contributed by atoms with Gasteiger partial charge in [-0.15, -0.1) is 0 Å². The molecule has 4 heteroatoms. The van der Waals surface area contributed by atoms with Gasteiger partial charge in [-0.2, -0.15) is 0 Å². The largest absolute Gasteiger partial charge is 0.392 e. The van der Waals surface area contributed by atoms with Crippen molar-refractivity contribution in [1.82, 2.24) is 10.3 Å². The molecule has 2 aromatic rings. The first-order valence-electron chi connectivity index (χ1n) is 7.07. The van der Waals surface area contributed by atoms with Crippen LogP contribution < -0.4 is 5.32 Å². The molecule has 0 bridgehead atoms. The number of nitrogens with zero attached hydrogens (tertiary/aromatic N) is 1. The summed E-state index contributed by atoms with van der Waals surface area (Å²) in [7, 11) is 0. The van der Waals surface area contributed by atoms with E-state index in [1.165, 1.54) is 0 Å². The van der Waals surface area contributed by atoms with Crippen molar-refractivity contribution in [3.8, 4) is 0 Å². The Balaban J connectivity index is 2.10. The average molecular weight is 284 g/mol. The van der Waals surface area contributed by atoms with Crippen molar-refractivity contribution in [2.45, 2.75) is 32.9 Å². The van der Waals surface area contributed by atoms with E-state index in [0.717, 1.165) is 23.2 Å². The third-order valence-electron chi connectivity index (χ3n) is 3.40. The van der Waals surface area contributed by atoms with Crippen molar-refractivity contribution < 1.29 is 9.90 Å². The standard InChI is InChI=1S/C17H20N2O2/c1-3-15(16-9-4-12(2)10-18-16)19-17(21)14-7-5-13(11-20)6-8-14/h4-10,15,20H,3,11H2,1-2H3,(H,19,21). The molecule has 0 spiro atoms. The zero-order chi connectivity index (χ0) is 15.2. The van der Waals surface area contributed by atoms with Crippen molar-refractivity contribution in [3.05, 3.63) is 65.0 Å².